The Bertz CT molecular complexity index is 617. The van der Waals surface area contributed by atoms with Crippen LogP contribution in [0.1, 0.15) is 38.2 Å². The topological polar surface area (TPSA) is 74.7 Å². The lowest BCUT2D eigenvalue weighted by Crippen LogP contribution is -2.58. The zero-order valence-corrected chi connectivity index (χ0v) is 14.3. The third-order valence-electron chi connectivity index (χ3n) is 4.91. The van der Waals surface area contributed by atoms with Crippen LogP contribution in [0, 0.1) is 0 Å². The number of likely N-dealkylation sites (tertiary alicyclic amines) is 1. The Balaban J connectivity index is 1.93. The molecule has 130 valence electrons. The number of hydrogen-bond donors (Lipinski definition) is 1. The van der Waals surface area contributed by atoms with E-state index in [1.807, 2.05) is 30.3 Å². The standard InChI is InChI=1S/C18H24N2O4/c1-14-7-6-12-20(14,18(23)24)17(22)11-10-16(21)19(2)13-15-8-4-3-5-9-15/h3-5,8-9,14H,6-7,10-13H2,1-2H3/p+1/t14-,20?/m1/s1. The normalized spacial score (nSPS) is 23.0. The van der Waals surface area contributed by atoms with E-state index in [1.54, 1.807) is 18.9 Å². The van der Waals surface area contributed by atoms with Crippen molar-refractivity contribution in [3.05, 3.63) is 35.9 Å². The number of amides is 3. The maximum Gasteiger partial charge on any atom is 0.521 e. The van der Waals surface area contributed by atoms with E-state index in [0.717, 1.165) is 18.4 Å². The molecule has 1 saturated heterocycles. The third kappa shape index (κ3) is 3.64. The van der Waals surface area contributed by atoms with Gasteiger partial charge in [-0.05, 0) is 12.5 Å². The first-order valence-electron chi connectivity index (χ1n) is 8.30. The molecule has 1 aromatic rings. The summed E-state index contributed by atoms with van der Waals surface area (Å²) in [5.74, 6) is -0.517. The van der Waals surface area contributed by atoms with E-state index in [4.69, 9.17) is 0 Å². The molecule has 1 unspecified atom stereocenters. The smallest absolute Gasteiger partial charge is 0.435 e. The van der Waals surface area contributed by atoms with Crippen LogP contribution in [0.25, 0.3) is 0 Å². The molecule has 3 amide bonds. The lowest BCUT2D eigenvalue weighted by Gasteiger charge is -2.29. The van der Waals surface area contributed by atoms with Crippen molar-refractivity contribution in [2.45, 2.75) is 45.2 Å². The van der Waals surface area contributed by atoms with Gasteiger partial charge in [0.15, 0.2) is 0 Å². The molecule has 6 nitrogen and oxygen atoms in total. The monoisotopic (exact) mass is 333 g/mol. The maximum atomic E-state index is 12.5. The molecule has 6 heteroatoms. The summed E-state index contributed by atoms with van der Waals surface area (Å²) in [6, 6.07) is 9.37. The minimum atomic E-state index is -1.10. The van der Waals surface area contributed by atoms with Crippen LogP contribution >= 0.6 is 0 Å². The Hall–Kier alpha value is -2.21. The fourth-order valence-corrected chi connectivity index (χ4v) is 3.39. The molecule has 1 aliphatic heterocycles. The van der Waals surface area contributed by atoms with Crippen LogP contribution in [0.15, 0.2) is 30.3 Å². The van der Waals surface area contributed by atoms with E-state index < -0.39 is 10.6 Å². The number of carboxylic acid groups (broad SMARTS) is 1. The third-order valence-corrected chi connectivity index (χ3v) is 4.91. The summed E-state index contributed by atoms with van der Waals surface area (Å²) < 4.78 is -0.532. The van der Waals surface area contributed by atoms with Crippen molar-refractivity contribution < 1.29 is 24.0 Å². The molecule has 0 radical (unpaired) electrons. The number of hydrogen-bond acceptors (Lipinski definition) is 3. The number of carbonyl (C=O) groups is 3. The minimum Gasteiger partial charge on any atom is -0.435 e. The molecule has 1 aromatic carbocycles. The van der Waals surface area contributed by atoms with Crippen LogP contribution in [0.4, 0.5) is 4.79 Å². The molecule has 0 aliphatic carbocycles. The zero-order valence-electron chi connectivity index (χ0n) is 14.3. The summed E-state index contributed by atoms with van der Waals surface area (Å²) in [5, 5.41) is 9.53. The summed E-state index contributed by atoms with van der Waals surface area (Å²) in [5.41, 5.74) is 1.02. The fourth-order valence-electron chi connectivity index (χ4n) is 3.39. The highest BCUT2D eigenvalue weighted by Gasteiger charge is 2.52. The van der Waals surface area contributed by atoms with Gasteiger partial charge in [0.1, 0.15) is 6.04 Å². The Morgan fingerprint density at radius 2 is 1.88 bits per heavy atom. The molecule has 24 heavy (non-hydrogen) atoms. The van der Waals surface area contributed by atoms with E-state index >= 15 is 0 Å². The van der Waals surface area contributed by atoms with Gasteiger partial charge in [-0.3, -0.25) is 4.79 Å². The van der Waals surface area contributed by atoms with Crippen molar-refractivity contribution >= 4 is 17.9 Å². The number of carbonyl (C=O) groups excluding carboxylic acids is 2. The van der Waals surface area contributed by atoms with E-state index in [9.17, 15) is 19.5 Å². The van der Waals surface area contributed by atoms with Crippen LogP contribution in [0.5, 0.6) is 0 Å². The second-order valence-corrected chi connectivity index (χ2v) is 6.50. The Morgan fingerprint density at radius 3 is 2.42 bits per heavy atom. The molecule has 0 aromatic heterocycles. The highest BCUT2D eigenvalue weighted by atomic mass is 16.4. The summed E-state index contributed by atoms with van der Waals surface area (Å²) in [6.45, 7) is 2.59. The van der Waals surface area contributed by atoms with Gasteiger partial charge in [-0.15, -0.1) is 0 Å². The number of quaternary nitrogens is 1. The van der Waals surface area contributed by atoms with Crippen LogP contribution in [-0.4, -0.2) is 52.0 Å². The van der Waals surface area contributed by atoms with Gasteiger partial charge in [0, 0.05) is 32.9 Å². The lowest BCUT2D eigenvalue weighted by molar-refractivity contribution is -0.792. The number of imide groups is 1. The van der Waals surface area contributed by atoms with E-state index in [0.29, 0.717) is 13.1 Å². The maximum absolute atomic E-state index is 12.5. The second-order valence-electron chi connectivity index (χ2n) is 6.50. The van der Waals surface area contributed by atoms with Gasteiger partial charge in [0.05, 0.1) is 13.0 Å². The summed E-state index contributed by atoms with van der Waals surface area (Å²) in [4.78, 5) is 38.0. The van der Waals surface area contributed by atoms with Crippen molar-refractivity contribution in [2.24, 2.45) is 0 Å². The van der Waals surface area contributed by atoms with Gasteiger partial charge in [0.2, 0.25) is 5.91 Å². The van der Waals surface area contributed by atoms with Gasteiger partial charge >= 0.3 is 12.0 Å². The number of rotatable bonds is 5. The van der Waals surface area contributed by atoms with Crippen molar-refractivity contribution in [1.82, 2.24) is 4.90 Å². The largest absolute Gasteiger partial charge is 0.521 e. The quantitative estimate of drug-likeness (QED) is 0.841. The van der Waals surface area contributed by atoms with Gasteiger partial charge in [-0.1, -0.05) is 30.3 Å². The second kappa shape index (κ2) is 7.57. The highest BCUT2D eigenvalue weighted by Crippen LogP contribution is 2.29. The first-order chi connectivity index (χ1) is 11.4. The van der Waals surface area contributed by atoms with Gasteiger partial charge in [-0.2, -0.15) is 9.28 Å². The van der Waals surface area contributed by atoms with Gasteiger partial charge < -0.3 is 10.0 Å². The van der Waals surface area contributed by atoms with Crippen LogP contribution < -0.4 is 0 Å². The molecule has 0 saturated carbocycles. The summed E-state index contributed by atoms with van der Waals surface area (Å²) >= 11 is 0. The fraction of sp³-hybridized carbons (Fsp3) is 0.500. The molecule has 0 bridgehead atoms. The van der Waals surface area contributed by atoms with E-state index in [1.165, 1.54) is 0 Å². The van der Waals surface area contributed by atoms with Crippen molar-refractivity contribution in [2.75, 3.05) is 13.6 Å². The molecular weight excluding hydrogens is 308 g/mol. The number of nitrogens with zero attached hydrogens (tertiary/aromatic N) is 2. The molecular formula is C18H25N2O4+. The molecule has 2 rings (SSSR count). The number of benzene rings is 1. The minimum absolute atomic E-state index is 0.0331. The molecule has 1 N–H and O–H groups in total. The first kappa shape index (κ1) is 18.1. The Labute approximate surface area is 142 Å². The first-order valence-corrected chi connectivity index (χ1v) is 8.30. The summed E-state index contributed by atoms with van der Waals surface area (Å²) in [6.07, 6.45) is 0.354. The van der Waals surface area contributed by atoms with E-state index in [-0.39, 0.29) is 30.7 Å². The molecule has 2 atom stereocenters. The lowest BCUT2D eigenvalue weighted by atomic mass is 10.1. The Kier molecular flexibility index (Phi) is 5.72. The molecule has 1 aliphatic rings. The van der Waals surface area contributed by atoms with Crippen molar-refractivity contribution in [1.29, 1.82) is 0 Å². The molecule has 1 fully saturated rings. The predicted molar refractivity (Wildman–Crippen MR) is 89.0 cm³/mol. The predicted octanol–water partition coefficient (Wildman–Crippen LogP) is 2.63. The highest BCUT2D eigenvalue weighted by molar-refractivity contribution is 5.85. The molecule has 0 spiro atoms. The Morgan fingerprint density at radius 1 is 1.21 bits per heavy atom. The summed E-state index contributed by atoms with van der Waals surface area (Å²) in [7, 11) is 1.69. The average molecular weight is 333 g/mol. The van der Waals surface area contributed by atoms with Crippen molar-refractivity contribution in [3.63, 3.8) is 0 Å². The van der Waals surface area contributed by atoms with Gasteiger partial charge in [-0.25, -0.2) is 4.79 Å². The molecule has 1 heterocycles. The van der Waals surface area contributed by atoms with Crippen LogP contribution in [0.3, 0.4) is 0 Å². The van der Waals surface area contributed by atoms with Crippen LogP contribution in [0.2, 0.25) is 0 Å². The SMILES string of the molecule is C[C@@H]1CCC[N+]1(C(=O)O)C(=O)CCC(=O)N(C)Cc1ccccc1. The van der Waals surface area contributed by atoms with E-state index in [2.05, 4.69) is 0 Å². The van der Waals surface area contributed by atoms with Gasteiger partial charge in [0.25, 0.3) is 0 Å². The van der Waals surface area contributed by atoms with Crippen LogP contribution in [-0.2, 0) is 16.1 Å². The van der Waals surface area contributed by atoms with Crippen molar-refractivity contribution in [3.8, 4) is 0 Å². The average Bonchev–Trinajstić information content (AvgIpc) is 2.95. The zero-order chi connectivity index (χ0) is 17.7.